The van der Waals surface area contributed by atoms with Gasteiger partial charge in [-0.05, 0) is 13.8 Å². The highest BCUT2D eigenvalue weighted by molar-refractivity contribution is 5.78. The molecule has 86 valence electrons. The largest absolute Gasteiger partial charge is 0.480 e. The summed E-state index contributed by atoms with van der Waals surface area (Å²) in [6.07, 6.45) is 0. The van der Waals surface area contributed by atoms with Crippen LogP contribution in [0.3, 0.4) is 0 Å². The van der Waals surface area contributed by atoms with Crippen LogP contribution in [0, 0.1) is 0 Å². The van der Waals surface area contributed by atoms with E-state index in [-0.39, 0.29) is 12.5 Å². The van der Waals surface area contributed by atoms with Crippen molar-refractivity contribution in [3.63, 3.8) is 0 Å². The van der Waals surface area contributed by atoms with Gasteiger partial charge in [-0.2, -0.15) is 0 Å². The molecule has 0 bridgehead atoms. The Morgan fingerprint density at radius 2 is 2.00 bits per heavy atom. The van der Waals surface area contributed by atoms with E-state index in [1.807, 2.05) is 13.8 Å². The highest BCUT2D eigenvalue weighted by Crippen LogP contribution is 1.96. The zero-order chi connectivity index (χ0) is 11.8. The summed E-state index contributed by atoms with van der Waals surface area (Å²) in [4.78, 5) is 23.2. The van der Waals surface area contributed by atoms with Crippen molar-refractivity contribution in [2.24, 2.45) is 0 Å². The molecule has 0 aliphatic heterocycles. The number of hydrogen-bond donors (Lipinski definition) is 1. The Balaban J connectivity index is 3.93. The van der Waals surface area contributed by atoms with Crippen LogP contribution < -0.4 is 0 Å². The first kappa shape index (κ1) is 13.6. The Kier molecular flexibility index (Phi) is 6.37. The molecule has 5 nitrogen and oxygen atoms in total. The molecule has 0 aromatic heterocycles. The lowest BCUT2D eigenvalue weighted by Gasteiger charge is -2.20. The summed E-state index contributed by atoms with van der Waals surface area (Å²) in [5.41, 5.74) is 0.878. The fourth-order valence-corrected chi connectivity index (χ4v) is 1.02. The number of hydrogen-bond acceptors (Lipinski definition) is 3. The van der Waals surface area contributed by atoms with Gasteiger partial charge in [-0.3, -0.25) is 4.79 Å². The maximum absolute atomic E-state index is 11.5. The Bertz CT molecular complexity index is 250. The molecule has 0 rings (SSSR count). The first-order valence-electron chi connectivity index (χ1n) is 4.69. The van der Waals surface area contributed by atoms with E-state index >= 15 is 0 Å². The van der Waals surface area contributed by atoms with Gasteiger partial charge in [0.1, 0.15) is 13.2 Å². The molecule has 0 unspecified atom stereocenters. The molecule has 0 aromatic carbocycles. The summed E-state index contributed by atoms with van der Waals surface area (Å²) in [7, 11) is 0. The van der Waals surface area contributed by atoms with Gasteiger partial charge in [0, 0.05) is 13.1 Å². The van der Waals surface area contributed by atoms with E-state index in [9.17, 15) is 9.59 Å². The molecule has 0 heterocycles. The van der Waals surface area contributed by atoms with E-state index < -0.39 is 12.6 Å². The van der Waals surface area contributed by atoms with Gasteiger partial charge in [-0.25, -0.2) is 4.79 Å². The van der Waals surface area contributed by atoms with Crippen LogP contribution in [0.5, 0.6) is 0 Å². The van der Waals surface area contributed by atoms with Crippen LogP contribution in [0.1, 0.15) is 13.8 Å². The standard InChI is InChI=1S/C10H17NO4/c1-4-11(5-8(2)3)9(12)6-15-7-10(13)14/h2,4-7H2,1,3H3,(H,13,14). The summed E-state index contributed by atoms with van der Waals surface area (Å²) in [5, 5.41) is 8.30. The molecule has 0 aliphatic rings. The average Bonchev–Trinajstić information content (AvgIpc) is 2.13. The first-order chi connectivity index (χ1) is 6.97. The molecule has 0 fully saturated rings. The fraction of sp³-hybridized carbons (Fsp3) is 0.600. The van der Waals surface area contributed by atoms with Crippen molar-refractivity contribution < 1.29 is 19.4 Å². The minimum atomic E-state index is -1.08. The number of aliphatic carboxylic acids is 1. The number of ether oxygens (including phenoxy) is 1. The first-order valence-corrected chi connectivity index (χ1v) is 4.69. The van der Waals surface area contributed by atoms with Crippen molar-refractivity contribution in [1.29, 1.82) is 0 Å². The molecule has 0 aliphatic carbocycles. The third-order valence-electron chi connectivity index (χ3n) is 1.65. The van der Waals surface area contributed by atoms with Crippen molar-refractivity contribution in [3.05, 3.63) is 12.2 Å². The molecule has 0 aromatic rings. The van der Waals surface area contributed by atoms with Crippen LogP contribution in [0.25, 0.3) is 0 Å². The lowest BCUT2D eigenvalue weighted by Crippen LogP contribution is -2.35. The van der Waals surface area contributed by atoms with Gasteiger partial charge in [0.05, 0.1) is 0 Å². The van der Waals surface area contributed by atoms with Crippen LogP contribution in [-0.2, 0) is 14.3 Å². The molecule has 0 radical (unpaired) electrons. The van der Waals surface area contributed by atoms with Crippen molar-refractivity contribution in [1.82, 2.24) is 4.90 Å². The normalized spacial score (nSPS) is 9.73. The highest BCUT2D eigenvalue weighted by atomic mass is 16.5. The van der Waals surface area contributed by atoms with Crippen LogP contribution >= 0.6 is 0 Å². The zero-order valence-electron chi connectivity index (χ0n) is 9.15. The van der Waals surface area contributed by atoms with Gasteiger partial charge >= 0.3 is 5.97 Å². The third kappa shape index (κ3) is 6.68. The van der Waals surface area contributed by atoms with E-state index in [0.29, 0.717) is 13.1 Å². The predicted octanol–water partition coefficient (Wildman–Crippen LogP) is 0.512. The van der Waals surface area contributed by atoms with Crippen molar-refractivity contribution in [3.8, 4) is 0 Å². The van der Waals surface area contributed by atoms with Crippen LogP contribution in [-0.4, -0.2) is 48.2 Å². The second-order valence-electron chi connectivity index (χ2n) is 3.25. The molecule has 0 spiro atoms. The summed E-state index contributed by atoms with van der Waals surface area (Å²) < 4.78 is 4.70. The number of nitrogens with zero attached hydrogens (tertiary/aromatic N) is 1. The average molecular weight is 215 g/mol. The lowest BCUT2D eigenvalue weighted by molar-refractivity contribution is -0.145. The second-order valence-corrected chi connectivity index (χ2v) is 3.25. The van der Waals surface area contributed by atoms with Crippen molar-refractivity contribution in [2.75, 3.05) is 26.3 Å². The van der Waals surface area contributed by atoms with Gasteiger partial charge in [0.15, 0.2) is 0 Å². The molecule has 5 heteroatoms. The van der Waals surface area contributed by atoms with E-state index in [1.54, 1.807) is 4.90 Å². The van der Waals surface area contributed by atoms with Crippen LogP contribution in [0.2, 0.25) is 0 Å². The van der Waals surface area contributed by atoms with E-state index in [2.05, 4.69) is 6.58 Å². The van der Waals surface area contributed by atoms with Gasteiger partial charge in [0.2, 0.25) is 5.91 Å². The number of carboxylic acids is 1. The molecular weight excluding hydrogens is 198 g/mol. The number of amides is 1. The summed E-state index contributed by atoms with van der Waals surface area (Å²) in [5.74, 6) is -1.30. The Morgan fingerprint density at radius 1 is 1.40 bits per heavy atom. The SMILES string of the molecule is C=C(C)CN(CC)C(=O)COCC(=O)O. The summed E-state index contributed by atoms with van der Waals surface area (Å²) >= 11 is 0. The van der Waals surface area contributed by atoms with Gasteiger partial charge in [0.25, 0.3) is 0 Å². The number of likely N-dealkylation sites (N-methyl/N-ethyl adjacent to an activating group) is 1. The maximum atomic E-state index is 11.5. The topological polar surface area (TPSA) is 66.8 Å². The number of carboxylic acid groups (broad SMARTS) is 1. The van der Waals surface area contributed by atoms with E-state index in [4.69, 9.17) is 9.84 Å². The van der Waals surface area contributed by atoms with Gasteiger partial charge in [-0.15, -0.1) is 0 Å². The number of carbonyl (C=O) groups is 2. The molecule has 0 atom stereocenters. The molecule has 1 N–H and O–H groups in total. The molecule has 15 heavy (non-hydrogen) atoms. The maximum Gasteiger partial charge on any atom is 0.329 e. The second kappa shape index (κ2) is 7.00. The monoisotopic (exact) mass is 215 g/mol. The summed E-state index contributed by atoms with van der Waals surface area (Å²) in [6, 6.07) is 0. The van der Waals surface area contributed by atoms with Crippen LogP contribution in [0.4, 0.5) is 0 Å². The van der Waals surface area contributed by atoms with Gasteiger partial charge < -0.3 is 14.7 Å². The zero-order valence-corrected chi connectivity index (χ0v) is 9.15. The van der Waals surface area contributed by atoms with E-state index in [0.717, 1.165) is 5.57 Å². The van der Waals surface area contributed by atoms with E-state index in [1.165, 1.54) is 0 Å². The highest BCUT2D eigenvalue weighted by Gasteiger charge is 2.11. The Morgan fingerprint density at radius 3 is 2.40 bits per heavy atom. The molecular formula is C10H17NO4. The summed E-state index contributed by atoms with van der Waals surface area (Å²) in [6.45, 7) is 7.76. The quantitative estimate of drug-likeness (QED) is 0.628. The molecule has 0 saturated carbocycles. The fourth-order valence-electron chi connectivity index (χ4n) is 1.02. The predicted molar refractivity (Wildman–Crippen MR) is 55.5 cm³/mol. The minimum absolute atomic E-state index is 0.201. The van der Waals surface area contributed by atoms with Crippen molar-refractivity contribution >= 4 is 11.9 Å². The third-order valence-corrected chi connectivity index (χ3v) is 1.65. The smallest absolute Gasteiger partial charge is 0.329 e. The Hall–Kier alpha value is -1.36. The van der Waals surface area contributed by atoms with Gasteiger partial charge in [-0.1, -0.05) is 12.2 Å². The number of rotatable bonds is 7. The van der Waals surface area contributed by atoms with Crippen molar-refractivity contribution in [2.45, 2.75) is 13.8 Å². The van der Waals surface area contributed by atoms with Crippen LogP contribution in [0.15, 0.2) is 12.2 Å². The minimum Gasteiger partial charge on any atom is -0.480 e. The lowest BCUT2D eigenvalue weighted by atomic mass is 10.3. The Labute approximate surface area is 89.3 Å². The number of carbonyl (C=O) groups excluding carboxylic acids is 1. The molecule has 0 saturated heterocycles. The molecule has 1 amide bonds.